The Labute approximate surface area is 132 Å². The Morgan fingerprint density at radius 2 is 1.78 bits per heavy atom. The molecule has 3 aromatic rings. The van der Waals surface area contributed by atoms with Gasteiger partial charge in [-0.2, -0.15) is 4.68 Å². The minimum absolute atomic E-state index is 0.102. The van der Waals surface area contributed by atoms with Gasteiger partial charge in [0.05, 0.1) is 6.67 Å². The third kappa shape index (κ3) is 2.68. The smallest absolute Gasteiger partial charge is 0.338 e. The first-order chi connectivity index (χ1) is 11.3. The SMILES string of the molecule is O=c1n(CN2CCN(c3ncccn3)CC2)nc2ccccn12. The molecule has 4 heterocycles. The Morgan fingerprint density at radius 1 is 1.00 bits per heavy atom. The van der Waals surface area contributed by atoms with Gasteiger partial charge in [-0.1, -0.05) is 6.07 Å². The number of aromatic nitrogens is 5. The molecule has 23 heavy (non-hydrogen) atoms. The Kier molecular flexibility index (Phi) is 3.51. The fourth-order valence-corrected chi connectivity index (χ4v) is 2.79. The van der Waals surface area contributed by atoms with Crippen LogP contribution in [-0.4, -0.2) is 55.2 Å². The number of nitrogens with zero attached hydrogens (tertiary/aromatic N) is 7. The Balaban J connectivity index is 1.45. The molecule has 118 valence electrons. The molecule has 0 radical (unpaired) electrons. The number of piperazine rings is 1. The second-order valence-corrected chi connectivity index (χ2v) is 5.51. The lowest BCUT2D eigenvalue weighted by atomic mass is 10.3. The molecule has 8 heteroatoms. The molecule has 0 aliphatic carbocycles. The number of pyridine rings is 1. The average Bonchev–Trinajstić information content (AvgIpc) is 2.93. The fourth-order valence-electron chi connectivity index (χ4n) is 2.79. The molecule has 0 spiro atoms. The summed E-state index contributed by atoms with van der Waals surface area (Å²) in [5.41, 5.74) is 0.572. The number of rotatable bonds is 3. The van der Waals surface area contributed by atoms with Crippen molar-refractivity contribution in [2.75, 3.05) is 31.1 Å². The summed E-state index contributed by atoms with van der Waals surface area (Å²) in [5.74, 6) is 0.761. The van der Waals surface area contributed by atoms with Crippen LogP contribution in [0.3, 0.4) is 0 Å². The van der Waals surface area contributed by atoms with Crippen LogP contribution < -0.4 is 10.6 Å². The van der Waals surface area contributed by atoms with E-state index in [0.29, 0.717) is 12.3 Å². The number of fused-ring (bicyclic) bond motifs is 1. The predicted octanol–water partition coefficient (Wildman–Crippen LogP) is 0.0657. The quantitative estimate of drug-likeness (QED) is 0.681. The number of hydrogen-bond donors (Lipinski definition) is 0. The summed E-state index contributed by atoms with van der Waals surface area (Å²) in [7, 11) is 0. The monoisotopic (exact) mass is 311 g/mol. The maximum absolute atomic E-state index is 12.3. The van der Waals surface area contributed by atoms with Crippen molar-refractivity contribution in [3.05, 3.63) is 53.3 Å². The van der Waals surface area contributed by atoms with E-state index in [9.17, 15) is 4.79 Å². The van der Waals surface area contributed by atoms with Crippen LogP contribution in [0.2, 0.25) is 0 Å². The molecular formula is C15H17N7O. The molecule has 0 aromatic carbocycles. The predicted molar refractivity (Wildman–Crippen MR) is 85.3 cm³/mol. The molecule has 1 aliphatic rings. The molecule has 8 nitrogen and oxygen atoms in total. The van der Waals surface area contributed by atoms with Crippen LogP contribution in [0.15, 0.2) is 47.7 Å². The first kappa shape index (κ1) is 13.9. The molecule has 0 unspecified atom stereocenters. The van der Waals surface area contributed by atoms with Gasteiger partial charge in [0.15, 0.2) is 5.65 Å². The van der Waals surface area contributed by atoms with Crippen LogP contribution in [0, 0.1) is 0 Å². The lowest BCUT2D eigenvalue weighted by Gasteiger charge is -2.34. The van der Waals surface area contributed by atoms with E-state index in [1.807, 2.05) is 24.3 Å². The largest absolute Gasteiger partial charge is 0.351 e. The van der Waals surface area contributed by atoms with E-state index in [2.05, 4.69) is 24.9 Å². The Hall–Kier alpha value is -2.74. The zero-order chi connectivity index (χ0) is 15.6. The molecule has 1 aliphatic heterocycles. The van der Waals surface area contributed by atoms with Crippen molar-refractivity contribution in [2.24, 2.45) is 0 Å². The highest BCUT2D eigenvalue weighted by molar-refractivity contribution is 5.35. The molecule has 1 saturated heterocycles. The number of anilines is 1. The van der Waals surface area contributed by atoms with Gasteiger partial charge in [0.25, 0.3) is 0 Å². The highest BCUT2D eigenvalue weighted by Gasteiger charge is 2.20. The molecule has 0 bridgehead atoms. The summed E-state index contributed by atoms with van der Waals surface area (Å²) < 4.78 is 3.08. The van der Waals surface area contributed by atoms with Crippen LogP contribution in [-0.2, 0) is 6.67 Å². The molecule has 0 saturated carbocycles. The zero-order valence-corrected chi connectivity index (χ0v) is 12.6. The molecular weight excluding hydrogens is 294 g/mol. The standard InChI is InChI=1S/C15H17N7O/c23-15-21-7-2-1-4-13(21)18-22(15)12-19-8-10-20(11-9-19)14-16-5-3-6-17-14/h1-7H,8-12H2. The van der Waals surface area contributed by atoms with Crippen LogP contribution in [0.1, 0.15) is 0 Å². The van der Waals surface area contributed by atoms with E-state index in [-0.39, 0.29) is 5.69 Å². The first-order valence-corrected chi connectivity index (χ1v) is 7.60. The highest BCUT2D eigenvalue weighted by Crippen LogP contribution is 2.09. The Morgan fingerprint density at radius 3 is 2.52 bits per heavy atom. The van der Waals surface area contributed by atoms with Crippen molar-refractivity contribution < 1.29 is 0 Å². The third-order valence-corrected chi connectivity index (χ3v) is 4.03. The molecule has 4 rings (SSSR count). The van der Waals surface area contributed by atoms with Gasteiger partial charge in [-0.15, -0.1) is 5.10 Å². The summed E-state index contributed by atoms with van der Waals surface area (Å²) in [6.45, 7) is 3.87. The van der Waals surface area contributed by atoms with Crippen molar-refractivity contribution in [3.63, 3.8) is 0 Å². The molecule has 3 aromatic heterocycles. The van der Waals surface area contributed by atoms with Crippen LogP contribution in [0.25, 0.3) is 5.65 Å². The average molecular weight is 311 g/mol. The first-order valence-electron chi connectivity index (χ1n) is 7.60. The lowest BCUT2D eigenvalue weighted by Crippen LogP contribution is -2.48. The van der Waals surface area contributed by atoms with E-state index >= 15 is 0 Å². The van der Waals surface area contributed by atoms with E-state index < -0.39 is 0 Å². The van der Waals surface area contributed by atoms with Gasteiger partial charge in [-0.05, 0) is 18.2 Å². The maximum Gasteiger partial charge on any atom is 0.351 e. The highest BCUT2D eigenvalue weighted by atomic mass is 16.2. The van der Waals surface area contributed by atoms with Crippen LogP contribution in [0.5, 0.6) is 0 Å². The van der Waals surface area contributed by atoms with Gasteiger partial charge in [-0.25, -0.2) is 14.8 Å². The van der Waals surface area contributed by atoms with Gasteiger partial charge in [0.1, 0.15) is 0 Å². The summed E-state index contributed by atoms with van der Waals surface area (Å²) in [5, 5.41) is 4.37. The summed E-state index contributed by atoms with van der Waals surface area (Å²) in [6.07, 6.45) is 5.25. The van der Waals surface area contributed by atoms with Gasteiger partial charge in [-0.3, -0.25) is 9.30 Å². The zero-order valence-electron chi connectivity index (χ0n) is 12.6. The second kappa shape index (κ2) is 5.81. The van der Waals surface area contributed by atoms with E-state index in [0.717, 1.165) is 32.1 Å². The van der Waals surface area contributed by atoms with Crippen molar-refractivity contribution >= 4 is 11.6 Å². The van der Waals surface area contributed by atoms with Crippen molar-refractivity contribution in [1.29, 1.82) is 0 Å². The molecule has 1 fully saturated rings. The van der Waals surface area contributed by atoms with E-state index in [1.165, 1.54) is 4.68 Å². The van der Waals surface area contributed by atoms with Crippen LogP contribution >= 0.6 is 0 Å². The van der Waals surface area contributed by atoms with Crippen molar-refractivity contribution in [2.45, 2.75) is 6.67 Å². The fraction of sp³-hybridized carbons (Fsp3) is 0.333. The number of hydrogen-bond acceptors (Lipinski definition) is 6. The minimum Gasteiger partial charge on any atom is -0.338 e. The topological polar surface area (TPSA) is 71.6 Å². The third-order valence-electron chi connectivity index (χ3n) is 4.03. The normalized spacial score (nSPS) is 16.1. The summed E-state index contributed by atoms with van der Waals surface area (Å²) >= 11 is 0. The van der Waals surface area contributed by atoms with E-state index in [4.69, 9.17) is 0 Å². The second-order valence-electron chi connectivity index (χ2n) is 5.51. The van der Waals surface area contributed by atoms with Gasteiger partial charge in [0, 0.05) is 44.8 Å². The van der Waals surface area contributed by atoms with Gasteiger partial charge >= 0.3 is 5.69 Å². The van der Waals surface area contributed by atoms with Gasteiger partial charge < -0.3 is 4.90 Å². The minimum atomic E-state index is -0.102. The van der Waals surface area contributed by atoms with E-state index in [1.54, 1.807) is 23.0 Å². The summed E-state index contributed by atoms with van der Waals surface area (Å²) in [6, 6.07) is 7.36. The lowest BCUT2D eigenvalue weighted by molar-refractivity contribution is 0.192. The Bertz CT molecular complexity index is 849. The molecule has 0 atom stereocenters. The van der Waals surface area contributed by atoms with Crippen LogP contribution in [0.4, 0.5) is 5.95 Å². The van der Waals surface area contributed by atoms with Crippen molar-refractivity contribution in [3.8, 4) is 0 Å². The summed E-state index contributed by atoms with van der Waals surface area (Å²) in [4.78, 5) is 25.2. The van der Waals surface area contributed by atoms with Gasteiger partial charge in [0.2, 0.25) is 5.95 Å². The maximum atomic E-state index is 12.3. The van der Waals surface area contributed by atoms with Crippen molar-refractivity contribution in [1.82, 2.24) is 29.0 Å². The molecule has 0 N–H and O–H groups in total. The molecule has 0 amide bonds.